The minimum Gasteiger partial charge on any atom is -0.197 e. The van der Waals surface area contributed by atoms with E-state index < -0.39 is 10.1 Å². The van der Waals surface area contributed by atoms with Crippen LogP contribution in [0.15, 0.2) is 0 Å². The van der Waals surface area contributed by atoms with Crippen molar-refractivity contribution in [1.82, 2.24) is 0 Å². The molecular formula is C4H9FLiO3S. The molecule has 0 saturated carbocycles. The SMILES string of the molecule is CCCCS(=O)(=O)OF.[Li]. The maximum absolute atomic E-state index is 11.0. The molecule has 0 aromatic heterocycles. The third-order valence-corrected chi connectivity index (χ3v) is 1.82. The van der Waals surface area contributed by atoms with Crippen molar-refractivity contribution in [2.75, 3.05) is 5.75 Å². The van der Waals surface area contributed by atoms with Crippen LogP contribution < -0.4 is 0 Å². The van der Waals surface area contributed by atoms with Crippen LogP contribution in [0.1, 0.15) is 19.8 Å². The average Bonchev–Trinajstić information content (AvgIpc) is 1.84. The minimum absolute atomic E-state index is 0. The predicted molar refractivity (Wildman–Crippen MR) is 36.6 cm³/mol. The molecule has 0 fully saturated rings. The summed E-state index contributed by atoms with van der Waals surface area (Å²) in [6, 6.07) is 0. The molecule has 1 radical (unpaired) electrons. The second-order valence-corrected chi connectivity index (χ2v) is 3.33. The van der Waals surface area contributed by atoms with Gasteiger partial charge < -0.3 is 0 Å². The second-order valence-electron chi connectivity index (χ2n) is 1.68. The quantitative estimate of drug-likeness (QED) is 0.571. The van der Waals surface area contributed by atoms with Crippen molar-refractivity contribution in [3.05, 3.63) is 0 Å². The van der Waals surface area contributed by atoms with Gasteiger partial charge in [-0.15, -0.1) is 0 Å². The van der Waals surface area contributed by atoms with E-state index in [1.54, 1.807) is 0 Å². The molecule has 3 nitrogen and oxygen atoms in total. The number of unbranched alkanes of at least 4 members (excludes halogenated alkanes) is 1. The fourth-order valence-electron chi connectivity index (χ4n) is 0.353. The van der Waals surface area contributed by atoms with E-state index in [1.807, 2.05) is 6.92 Å². The van der Waals surface area contributed by atoms with Crippen molar-refractivity contribution in [2.24, 2.45) is 0 Å². The molecule has 0 saturated heterocycles. The van der Waals surface area contributed by atoms with Crippen LogP contribution in [-0.4, -0.2) is 33.0 Å². The van der Waals surface area contributed by atoms with Crippen molar-refractivity contribution in [3.8, 4) is 0 Å². The van der Waals surface area contributed by atoms with E-state index in [9.17, 15) is 12.9 Å². The van der Waals surface area contributed by atoms with E-state index >= 15 is 0 Å². The molecule has 10 heavy (non-hydrogen) atoms. The maximum Gasteiger partial charge on any atom is 0.297 e. The Kier molecular flexibility index (Phi) is 8.05. The predicted octanol–water partition coefficient (Wildman–Crippen LogP) is 0.637. The van der Waals surface area contributed by atoms with Crippen LogP contribution in [0.5, 0.6) is 0 Å². The van der Waals surface area contributed by atoms with Gasteiger partial charge in [-0.25, -0.2) is 0 Å². The van der Waals surface area contributed by atoms with Gasteiger partial charge in [0.25, 0.3) is 10.1 Å². The molecule has 0 unspecified atom stereocenters. The Hall–Kier alpha value is 0.437. The molecule has 0 aliphatic carbocycles. The monoisotopic (exact) mass is 163 g/mol. The fourth-order valence-corrected chi connectivity index (χ4v) is 1.06. The molecular weight excluding hydrogens is 154 g/mol. The summed E-state index contributed by atoms with van der Waals surface area (Å²) in [6.45, 7) is 1.81. The summed E-state index contributed by atoms with van der Waals surface area (Å²) in [7, 11) is -3.85. The molecule has 0 aliphatic rings. The standard InChI is InChI=1S/C4H9FO3S.Li/c1-2-3-4-9(6,7)8-5;/h2-4H2,1H3;. The normalized spacial score (nSPS) is 10.6. The first-order valence-electron chi connectivity index (χ1n) is 2.65. The Bertz CT molecular complexity index is 156. The van der Waals surface area contributed by atoms with E-state index in [0.717, 1.165) is 0 Å². The molecule has 0 aliphatic heterocycles. The number of halogens is 1. The molecule has 0 aromatic rings. The Morgan fingerprint density at radius 1 is 1.50 bits per heavy atom. The van der Waals surface area contributed by atoms with E-state index in [2.05, 4.69) is 4.39 Å². The second kappa shape index (κ2) is 6.17. The Morgan fingerprint density at radius 2 is 2.00 bits per heavy atom. The van der Waals surface area contributed by atoms with E-state index in [-0.39, 0.29) is 24.6 Å². The summed E-state index contributed by atoms with van der Waals surface area (Å²) in [6.07, 6.45) is 1.15. The van der Waals surface area contributed by atoms with Gasteiger partial charge >= 0.3 is 0 Å². The first-order chi connectivity index (χ1) is 4.12. The number of hydrogen-bond acceptors (Lipinski definition) is 3. The van der Waals surface area contributed by atoms with Gasteiger partial charge in [-0.2, -0.15) is 8.42 Å². The summed E-state index contributed by atoms with van der Waals surface area (Å²) in [5.74, 6) is -0.236. The molecule has 0 spiro atoms. The van der Waals surface area contributed by atoms with Crippen molar-refractivity contribution in [1.29, 1.82) is 0 Å². The van der Waals surface area contributed by atoms with Gasteiger partial charge in [0.2, 0.25) is 0 Å². The fraction of sp³-hybridized carbons (Fsp3) is 1.00. The zero-order valence-electron chi connectivity index (χ0n) is 6.13. The van der Waals surface area contributed by atoms with Gasteiger partial charge in [-0.1, -0.05) is 17.7 Å². The van der Waals surface area contributed by atoms with Crippen molar-refractivity contribution < 1.29 is 17.3 Å². The van der Waals surface area contributed by atoms with Gasteiger partial charge in [-0.05, 0) is 10.9 Å². The van der Waals surface area contributed by atoms with Gasteiger partial charge in [0.1, 0.15) is 0 Å². The van der Waals surface area contributed by atoms with Gasteiger partial charge in [0.05, 0.1) is 5.75 Å². The summed E-state index contributed by atoms with van der Waals surface area (Å²) in [4.78, 5) is 0. The largest absolute Gasteiger partial charge is 0.297 e. The summed E-state index contributed by atoms with van der Waals surface area (Å²) < 4.78 is 34.0. The molecule has 0 N–H and O–H groups in total. The topological polar surface area (TPSA) is 43.4 Å². The number of hydrogen-bond donors (Lipinski definition) is 0. The van der Waals surface area contributed by atoms with E-state index in [1.165, 1.54) is 0 Å². The third-order valence-electron chi connectivity index (χ3n) is 0.844. The zero-order valence-corrected chi connectivity index (χ0v) is 6.95. The molecule has 0 heterocycles. The van der Waals surface area contributed by atoms with Crippen LogP contribution in [0.4, 0.5) is 4.53 Å². The Labute approximate surface area is 72.1 Å². The molecule has 0 amide bonds. The van der Waals surface area contributed by atoms with Gasteiger partial charge in [-0.3, -0.25) is 0 Å². The van der Waals surface area contributed by atoms with Crippen LogP contribution >= 0.6 is 0 Å². The van der Waals surface area contributed by atoms with Crippen molar-refractivity contribution in [3.63, 3.8) is 0 Å². The molecule has 6 heteroatoms. The van der Waals surface area contributed by atoms with Crippen LogP contribution in [0.25, 0.3) is 0 Å². The molecule has 57 valence electrons. The third kappa shape index (κ3) is 6.56. The summed E-state index contributed by atoms with van der Waals surface area (Å²) in [5.41, 5.74) is 0. The van der Waals surface area contributed by atoms with Crippen LogP contribution in [-0.2, 0) is 14.5 Å². The minimum atomic E-state index is -3.85. The Balaban J connectivity index is 0. The number of rotatable bonds is 4. The van der Waals surface area contributed by atoms with Crippen LogP contribution in [0, 0.1) is 0 Å². The van der Waals surface area contributed by atoms with Gasteiger partial charge in [0, 0.05) is 18.9 Å². The van der Waals surface area contributed by atoms with Crippen molar-refractivity contribution >= 4 is 29.0 Å². The van der Waals surface area contributed by atoms with Crippen LogP contribution in [0.2, 0.25) is 0 Å². The first-order valence-corrected chi connectivity index (χ1v) is 4.23. The first kappa shape index (κ1) is 13.1. The smallest absolute Gasteiger partial charge is 0.197 e. The molecule has 0 rings (SSSR count). The Morgan fingerprint density at radius 3 is 2.30 bits per heavy atom. The summed E-state index contributed by atoms with van der Waals surface area (Å²) in [5, 5.41) is 0. The van der Waals surface area contributed by atoms with Gasteiger partial charge in [0.15, 0.2) is 0 Å². The molecule has 0 atom stereocenters. The van der Waals surface area contributed by atoms with E-state index in [0.29, 0.717) is 12.8 Å². The summed E-state index contributed by atoms with van der Waals surface area (Å²) >= 11 is 0. The maximum atomic E-state index is 11.0. The zero-order chi connectivity index (χ0) is 7.33. The average molecular weight is 163 g/mol. The van der Waals surface area contributed by atoms with E-state index in [4.69, 9.17) is 0 Å². The molecule has 0 aromatic carbocycles. The van der Waals surface area contributed by atoms with Crippen LogP contribution in [0.3, 0.4) is 0 Å². The molecule has 0 bridgehead atoms. The van der Waals surface area contributed by atoms with Crippen molar-refractivity contribution in [2.45, 2.75) is 19.8 Å².